The van der Waals surface area contributed by atoms with E-state index in [1.54, 1.807) is 36.4 Å². The summed E-state index contributed by atoms with van der Waals surface area (Å²) in [6, 6.07) is 25.2. The molecule has 0 aliphatic carbocycles. The van der Waals surface area contributed by atoms with Crippen molar-refractivity contribution in [2.24, 2.45) is 0 Å². The minimum atomic E-state index is -4.12. The van der Waals surface area contributed by atoms with Crippen LogP contribution in [0.2, 0.25) is 10.0 Å². The van der Waals surface area contributed by atoms with Gasteiger partial charge in [-0.1, -0.05) is 77.8 Å². The van der Waals surface area contributed by atoms with Gasteiger partial charge in [-0.15, -0.1) is 0 Å². The van der Waals surface area contributed by atoms with Crippen LogP contribution in [0.5, 0.6) is 0 Å². The maximum Gasteiger partial charge on any atom is 0.326 e. The molecule has 45 heavy (non-hydrogen) atoms. The van der Waals surface area contributed by atoms with Crippen LogP contribution in [0, 0.1) is 0 Å². The number of carbonyl (C=O) groups excluding carboxylic acids is 2. The van der Waals surface area contributed by atoms with Gasteiger partial charge in [0.2, 0.25) is 15.9 Å². The van der Waals surface area contributed by atoms with E-state index in [4.69, 9.17) is 23.2 Å². The van der Waals surface area contributed by atoms with Gasteiger partial charge in [0.15, 0.2) is 0 Å². The normalized spacial score (nSPS) is 15.7. The van der Waals surface area contributed by atoms with E-state index >= 15 is 0 Å². The highest BCUT2D eigenvalue weighted by Crippen LogP contribution is 2.30. The minimum Gasteiger partial charge on any atom is -0.480 e. The first-order valence-electron chi connectivity index (χ1n) is 14.1. The zero-order chi connectivity index (χ0) is 32.1. The number of benzene rings is 4. The van der Waals surface area contributed by atoms with Crippen LogP contribution in [0.15, 0.2) is 102 Å². The van der Waals surface area contributed by atoms with E-state index in [1.807, 2.05) is 42.5 Å². The lowest BCUT2D eigenvalue weighted by Crippen LogP contribution is -2.51. The Bertz CT molecular complexity index is 1800. The number of anilines is 1. The molecule has 1 aliphatic rings. The fraction of sp³-hybridized carbons (Fsp3) is 0.182. The van der Waals surface area contributed by atoms with Crippen molar-refractivity contribution < 1.29 is 27.9 Å². The van der Waals surface area contributed by atoms with Crippen molar-refractivity contribution in [3.63, 3.8) is 0 Å². The average molecular weight is 667 g/mol. The van der Waals surface area contributed by atoms with Crippen LogP contribution in [0.3, 0.4) is 0 Å². The number of carboxylic acid groups (broad SMARTS) is 1. The SMILES string of the molecule is O=C(Nc1ccc(C[C@H](NC(=O)[C@H]2CCCN2S(=O)(=O)c2cc(Cl)cc(Cl)c2)C(=O)O)cc1)c1ccc(-c2ccccc2)cc1. The van der Waals surface area contributed by atoms with Crippen LogP contribution in [-0.4, -0.2) is 54.2 Å². The number of carbonyl (C=O) groups is 3. The van der Waals surface area contributed by atoms with E-state index in [1.165, 1.54) is 18.2 Å². The standard InChI is InChI=1S/C33H29Cl2N3O6S/c34-25-18-26(35)20-28(19-25)45(43,44)38-16-4-7-30(38)32(40)37-29(33(41)42)17-21-8-14-27(15-9-21)36-31(39)24-12-10-23(11-13-24)22-5-2-1-3-6-22/h1-3,5-6,8-15,18-20,29-30H,4,7,16-17H2,(H,36,39)(H,37,40)(H,41,42)/t29-,30+/m0/s1. The Hall–Kier alpha value is -4.22. The first-order valence-corrected chi connectivity index (χ1v) is 16.3. The fourth-order valence-corrected chi connectivity index (χ4v) is 7.56. The van der Waals surface area contributed by atoms with Crippen molar-refractivity contribution in [3.05, 3.63) is 118 Å². The van der Waals surface area contributed by atoms with Gasteiger partial charge in [0.25, 0.3) is 5.91 Å². The van der Waals surface area contributed by atoms with Crippen LogP contribution in [0.1, 0.15) is 28.8 Å². The highest BCUT2D eigenvalue weighted by molar-refractivity contribution is 7.89. The van der Waals surface area contributed by atoms with Crippen LogP contribution in [-0.2, 0) is 26.0 Å². The summed E-state index contributed by atoms with van der Waals surface area (Å²) in [5.41, 5.74) is 3.63. The molecule has 0 radical (unpaired) electrons. The molecule has 12 heteroatoms. The second kappa shape index (κ2) is 13.8. The lowest BCUT2D eigenvalue weighted by molar-refractivity contribution is -0.142. The van der Waals surface area contributed by atoms with Crippen molar-refractivity contribution in [1.29, 1.82) is 0 Å². The number of nitrogens with one attached hydrogen (secondary N) is 2. The van der Waals surface area contributed by atoms with E-state index in [-0.39, 0.29) is 40.2 Å². The summed E-state index contributed by atoms with van der Waals surface area (Å²) < 4.78 is 27.7. The van der Waals surface area contributed by atoms with Crippen molar-refractivity contribution in [3.8, 4) is 11.1 Å². The molecule has 1 aliphatic heterocycles. The Balaban J connectivity index is 1.21. The molecule has 1 fully saturated rings. The summed E-state index contributed by atoms with van der Waals surface area (Å²) in [6.07, 6.45) is 0.600. The van der Waals surface area contributed by atoms with Gasteiger partial charge >= 0.3 is 5.97 Å². The zero-order valence-electron chi connectivity index (χ0n) is 23.8. The van der Waals surface area contributed by atoms with E-state index in [0.29, 0.717) is 23.2 Å². The Morgan fingerprint density at radius 2 is 1.49 bits per heavy atom. The van der Waals surface area contributed by atoms with Crippen LogP contribution >= 0.6 is 23.2 Å². The Kier molecular flexibility index (Phi) is 9.89. The molecule has 0 aromatic heterocycles. The Labute approximate surface area is 270 Å². The number of nitrogens with zero attached hydrogens (tertiary/aromatic N) is 1. The largest absolute Gasteiger partial charge is 0.480 e. The molecule has 4 aromatic carbocycles. The molecule has 0 spiro atoms. The number of hydrogen-bond donors (Lipinski definition) is 3. The monoisotopic (exact) mass is 665 g/mol. The molecular formula is C33H29Cl2N3O6S. The van der Waals surface area contributed by atoms with Crippen molar-refractivity contribution in [2.45, 2.75) is 36.2 Å². The molecule has 5 rings (SSSR count). The number of carboxylic acids is 1. The molecule has 1 heterocycles. The Morgan fingerprint density at radius 3 is 2.11 bits per heavy atom. The van der Waals surface area contributed by atoms with Gasteiger partial charge < -0.3 is 15.7 Å². The molecular weight excluding hydrogens is 637 g/mol. The lowest BCUT2D eigenvalue weighted by Gasteiger charge is -2.25. The first-order chi connectivity index (χ1) is 21.5. The first kappa shape index (κ1) is 32.2. The van der Waals surface area contributed by atoms with Gasteiger partial charge in [-0.2, -0.15) is 4.31 Å². The minimum absolute atomic E-state index is 0.0559. The van der Waals surface area contributed by atoms with Gasteiger partial charge in [0.1, 0.15) is 12.1 Å². The molecule has 9 nitrogen and oxygen atoms in total. The summed E-state index contributed by atoms with van der Waals surface area (Å²) in [5.74, 6) is -2.28. The van der Waals surface area contributed by atoms with Gasteiger partial charge in [0.05, 0.1) is 4.90 Å². The topological polar surface area (TPSA) is 133 Å². The van der Waals surface area contributed by atoms with Gasteiger partial charge in [0, 0.05) is 34.3 Å². The summed E-state index contributed by atoms with van der Waals surface area (Å²) >= 11 is 12.0. The second-order valence-corrected chi connectivity index (χ2v) is 13.3. The zero-order valence-corrected chi connectivity index (χ0v) is 26.1. The predicted octanol–water partition coefficient (Wildman–Crippen LogP) is 5.88. The molecule has 2 atom stereocenters. The van der Waals surface area contributed by atoms with Crippen molar-refractivity contribution in [2.75, 3.05) is 11.9 Å². The van der Waals surface area contributed by atoms with E-state index in [0.717, 1.165) is 15.4 Å². The molecule has 2 amide bonds. The third-order valence-electron chi connectivity index (χ3n) is 7.47. The van der Waals surface area contributed by atoms with Crippen LogP contribution in [0.4, 0.5) is 5.69 Å². The summed E-state index contributed by atoms with van der Waals surface area (Å²) in [5, 5.41) is 15.4. The third-order valence-corrected chi connectivity index (χ3v) is 9.79. The third kappa shape index (κ3) is 7.72. The number of rotatable bonds is 10. The number of aliphatic carboxylic acids is 1. The summed E-state index contributed by atoms with van der Waals surface area (Å²) in [4.78, 5) is 37.9. The molecule has 4 aromatic rings. The second-order valence-electron chi connectivity index (χ2n) is 10.6. The predicted molar refractivity (Wildman–Crippen MR) is 173 cm³/mol. The fourth-order valence-electron chi connectivity index (χ4n) is 5.18. The lowest BCUT2D eigenvalue weighted by atomic mass is 10.0. The molecule has 1 saturated heterocycles. The summed E-state index contributed by atoms with van der Waals surface area (Å²) in [7, 11) is -4.12. The molecule has 3 N–H and O–H groups in total. The Morgan fingerprint density at radius 1 is 0.867 bits per heavy atom. The van der Waals surface area contributed by atoms with Gasteiger partial charge in [-0.25, -0.2) is 13.2 Å². The quantitative estimate of drug-likeness (QED) is 0.194. The molecule has 232 valence electrons. The van der Waals surface area contributed by atoms with Gasteiger partial charge in [-0.05, 0) is 72.0 Å². The van der Waals surface area contributed by atoms with Crippen LogP contribution < -0.4 is 10.6 Å². The molecule has 0 saturated carbocycles. The highest BCUT2D eigenvalue weighted by Gasteiger charge is 2.40. The number of hydrogen-bond acceptors (Lipinski definition) is 5. The maximum absolute atomic E-state index is 13.3. The number of sulfonamides is 1. The number of halogens is 2. The van der Waals surface area contributed by atoms with Crippen LogP contribution in [0.25, 0.3) is 11.1 Å². The summed E-state index contributed by atoms with van der Waals surface area (Å²) in [6.45, 7) is 0.0899. The van der Waals surface area contributed by atoms with E-state index in [9.17, 15) is 27.9 Å². The average Bonchev–Trinajstić information content (AvgIpc) is 3.53. The highest BCUT2D eigenvalue weighted by atomic mass is 35.5. The van der Waals surface area contributed by atoms with Crippen molar-refractivity contribution >= 4 is 56.7 Å². The molecule has 0 bridgehead atoms. The smallest absolute Gasteiger partial charge is 0.326 e. The maximum atomic E-state index is 13.3. The van der Waals surface area contributed by atoms with Gasteiger partial charge in [-0.3, -0.25) is 9.59 Å². The van der Waals surface area contributed by atoms with Crippen molar-refractivity contribution in [1.82, 2.24) is 9.62 Å². The van der Waals surface area contributed by atoms with E-state index < -0.39 is 34.0 Å². The van der Waals surface area contributed by atoms with E-state index in [2.05, 4.69) is 10.6 Å². The molecule has 0 unspecified atom stereocenters. The number of amides is 2.